The molecule has 0 fully saturated rings. The van der Waals surface area contributed by atoms with Gasteiger partial charge in [-0.1, -0.05) is 30.3 Å². The lowest BCUT2D eigenvalue weighted by atomic mass is 9.83. The molecule has 0 atom stereocenters. The normalized spacial score (nSPS) is 12.9. The molecule has 15 heavy (non-hydrogen) atoms. The SMILES string of the molecule is CC(C)(N)C(C)(C)NCc1ccccc1. The number of rotatable bonds is 4. The Bertz CT molecular complexity index is 296. The molecule has 0 spiro atoms. The van der Waals surface area contributed by atoms with Crippen LogP contribution in [-0.2, 0) is 6.54 Å². The van der Waals surface area contributed by atoms with Gasteiger partial charge in [0.2, 0.25) is 0 Å². The van der Waals surface area contributed by atoms with E-state index in [0.29, 0.717) is 0 Å². The van der Waals surface area contributed by atoms with Crippen LogP contribution in [-0.4, -0.2) is 11.1 Å². The molecule has 3 N–H and O–H groups in total. The average molecular weight is 206 g/mol. The maximum Gasteiger partial charge on any atom is 0.0302 e. The Labute approximate surface area is 92.9 Å². The highest BCUT2D eigenvalue weighted by Gasteiger charge is 2.32. The zero-order chi connectivity index (χ0) is 11.5. The summed E-state index contributed by atoms with van der Waals surface area (Å²) < 4.78 is 0. The molecular weight excluding hydrogens is 184 g/mol. The number of nitrogens with one attached hydrogen (secondary N) is 1. The Hall–Kier alpha value is -0.860. The first kappa shape index (κ1) is 12.2. The van der Waals surface area contributed by atoms with Crippen molar-refractivity contribution in [1.29, 1.82) is 0 Å². The third-order valence-corrected chi connectivity index (χ3v) is 3.19. The van der Waals surface area contributed by atoms with Crippen LogP contribution in [0, 0.1) is 0 Å². The van der Waals surface area contributed by atoms with Gasteiger partial charge in [0.15, 0.2) is 0 Å². The van der Waals surface area contributed by atoms with Crippen molar-refractivity contribution >= 4 is 0 Å². The molecule has 0 aromatic heterocycles. The van der Waals surface area contributed by atoms with Gasteiger partial charge in [0.1, 0.15) is 0 Å². The van der Waals surface area contributed by atoms with E-state index >= 15 is 0 Å². The summed E-state index contributed by atoms with van der Waals surface area (Å²) in [5.74, 6) is 0. The number of benzene rings is 1. The molecule has 0 amide bonds. The van der Waals surface area contributed by atoms with E-state index in [1.807, 2.05) is 19.9 Å². The predicted octanol–water partition coefficient (Wildman–Crippen LogP) is 2.29. The first-order valence-electron chi connectivity index (χ1n) is 5.41. The molecule has 1 rings (SSSR count). The smallest absolute Gasteiger partial charge is 0.0302 e. The molecule has 0 aliphatic rings. The van der Waals surface area contributed by atoms with Crippen LogP contribution < -0.4 is 11.1 Å². The van der Waals surface area contributed by atoms with Crippen molar-refractivity contribution in [2.24, 2.45) is 5.73 Å². The third-order valence-electron chi connectivity index (χ3n) is 3.19. The summed E-state index contributed by atoms with van der Waals surface area (Å²) in [6.07, 6.45) is 0. The second-order valence-corrected chi connectivity index (χ2v) is 5.19. The molecule has 84 valence electrons. The first-order valence-corrected chi connectivity index (χ1v) is 5.41. The lowest BCUT2D eigenvalue weighted by Crippen LogP contribution is -2.60. The van der Waals surface area contributed by atoms with Crippen LogP contribution in [0.4, 0.5) is 0 Å². The molecule has 2 heteroatoms. The highest BCUT2D eigenvalue weighted by Crippen LogP contribution is 2.18. The van der Waals surface area contributed by atoms with E-state index in [1.165, 1.54) is 5.56 Å². The molecule has 1 aromatic carbocycles. The second kappa shape index (κ2) is 4.33. The van der Waals surface area contributed by atoms with Gasteiger partial charge in [-0.25, -0.2) is 0 Å². The first-order chi connectivity index (χ1) is 6.83. The molecule has 0 saturated heterocycles. The Balaban J connectivity index is 2.58. The molecule has 0 saturated carbocycles. The van der Waals surface area contributed by atoms with Gasteiger partial charge in [-0.3, -0.25) is 0 Å². The molecule has 2 nitrogen and oxygen atoms in total. The van der Waals surface area contributed by atoms with Crippen molar-refractivity contribution in [2.75, 3.05) is 0 Å². The molecular formula is C13H22N2. The zero-order valence-corrected chi connectivity index (χ0v) is 10.2. The molecule has 0 heterocycles. The summed E-state index contributed by atoms with van der Waals surface area (Å²) >= 11 is 0. The van der Waals surface area contributed by atoms with E-state index in [9.17, 15) is 0 Å². The van der Waals surface area contributed by atoms with Gasteiger partial charge in [0, 0.05) is 17.6 Å². The summed E-state index contributed by atoms with van der Waals surface area (Å²) in [6.45, 7) is 9.22. The van der Waals surface area contributed by atoms with Crippen molar-refractivity contribution in [3.05, 3.63) is 35.9 Å². The van der Waals surface area contributed by atoms with Gasteiger partial charge >= 0.3 is 0 Å². The van der Waals surface area contributed by atoms with E-state index in [1.54, 1.807) is 0 Å². The quantitative estimate of drug-likeness (QED) is 0.793. The molecule has 0 bridgehead atoms. The largest absolute Gasteiger partial charge is 0.324 e. The van der Waals surface area contributed by atoms with Crippen molar-refractivity contribution in [3.8, 4) is 0 Å². The van der Waals surface area contributed by atoms with Gasteiger partial charge in [-0.05, 0) is 33.3 Å². The number of hydrogen-bond donors (Lipinski definition) is 2. The van der Waals surface area contributed by atoms with Crippen LogP contribution in [0.25, 0.3) is 0 Å². The lowest BCUT2D eigenvalue weighted by Gasteiger charge is -2.39. The van der Waals surface area contributed by atoms with E-state index in [2.05, 4.69) is 43.4 Å². The molecule has 1 aromatic rings. The van der Waals surface area contributed by atoms with Crippen molar-refractivity contribution in [2.45, 2.75) is 45.3 Å². The van der Waals surface area contributed by atoms with Gasteiger partial charge < -0.3 is 11.1 Å². The van der Waals surface area contributed by atoms with Crippen LogP contribution in [0.2, 0.25) is 0 Å². The van der Waals surface area contributed by atoms with E-state index in [-0.39, 0.29) is 11.1 Å². The average Bonchev–Trinajstić information content (AvgIpc) is 2.15. The minimum atomic E-state index is -0.234. The second-order valence-electron chi connectivity index (χ2n) is 5.19. The fourth-order valence-electron chi connectivity index (χ4n) is 1.15. The summed E-state index contributed by atoms with van der Waals surface area (Å²) in [4.78, 5) is 0. The van der Waals surface area contributed by atoms with Crippen LogP contribution in [0.15, 0.2) is 30.3 Å². The predicted molar refractivity (Wildman–Crippen MR) is 65.6 cm³/mol. The number of hydrogen-bond acceptors (Lipinski definition) is 2. The molecule has 0 aliphatic carbocycles. The van der Waals surface area contributed by atoms with Crippen LogP contribution >= 0.6 is 0 Å². The van der Waals surface area contributed by atoms with E-state index < -0.39 is 0 Å². The minimum absolute atomic E-state index is 0.0805. The number of nitrogens with two attached hydrogens (primary N) is 1. The zero-order valence-electron chi connectivity index (χ0n) is 10.2. The molecule has 0 unspecified atom stereocenters. The van der Waals surface area contributed by atoms with E-state index in [0.717, 1.165) is 6.54 Å². The maximum absolute atomic E-state index is 6.11. The summed E-state index contributed by atoms with van der Waals surface area (Å²) in [7, 11) is 0. The van der Waals surface area contributed by atoms with Crippen LogP contribution in [0.5, 0.6) is 0 Å². The van der Waals surface area contributed by atoms with E-state index in [4.69, 9.17) is 5.73 Å². The monoisotopic (exact) mass is 206 g/mol. The summed E-state index contributed by atoms with van der Waals surface area (Å²) in [5.41, 5.74) is 7.09. The Morgan fingerprint density at radius 2 is 1.60 bits per heavy atom. The Morgan fingerprint density at radius 3 is 2.07 bits per heavy atom. The summed E-state index contributed by atoms with van der Waals surface area (Å²) in [5, 5.41) is 3.49. The van der Waals surface area contributed by atoms with Crippen LogP contribution in [0.3, 0.4) is 0 Å². The Kier molecular flexibility index (Phi) is 3.53. The van der Waals surface area contributed by atoms with Gasteiger partial charge in [0.05, 0.1) is 0 Å². The summed E-state index contributed by atoms with van der Waals surface area (Å²) in [6, 6.07) is 10.4. The van der Waals surface area contributed by atoms with Crippen molar-refractivity contribution in [1.82, 2.24) is 5.32 Å². The highest BCUT2D eigenvalue weighted by molar-refractivity contribution is 5.15. The standard InChI is InChI=1S/C13H22N2/c1-12(2,14)13(3,4)15-10-11-8-6-5-7-9-11/h5-9,15H,10,14H2,1-4H3. The molecule has 0 radical (unpaired) electrons. The molecule has 0 aliphatic heterocycles. The topological polar surface area (TPSA) is 38.0 Å². The van der Waals surface area contributed by atoms with Gasteiger partial charge in [-0.15, -0.1) is 0 Å². The fraction of sp³-hybridized carbons (Fsp3) is 0.538. The van der Waals surface area contributed by atoms with Crippen molar-refractivity contribution in [3.63, 3.8) is 0 Å². The van der Waals surface area contributed by atoms with Crippen molar-refractivity contribution < 1.29 is 0 Å². The lowest BCUT2D eigenvalue weighted by molar-refractivity contribution is 0.240. The third kappa shape index (κ3) is 3.33. The fourth-order valence-corrected chi connectivity index (χ4v) is 1.15. The maximum atomic E-state index is 6.11. The minimum Gasteiger partial charge on any atom is -0.324 e. The van der Waals surface area contributed by atoms with Gasteiger partial charge in [0.25, 0.3) is 0 Å². The highest BCUT2D eigenvalue weighted by atomic mass is 15.0. The van der Waals surface area contributed by atoms with Gasteiger partial charge in [-0.2, -0.15) is 0 Å². The van der Waals surface area contributed by atoms with Crippen LogP contribution in [0.1, 0.15) is 33.3 Å². The Morgan fingerprint density at radius 1 is 1.07 bits per heavy atom.